The first-order valence-electron chi connectivity index (χ1n) is 12.3. The molecule has 3 aromatic rings. The van der Waals surface area contributed by atoms with Crippen molar-refractivity contribution < 1.29 is 27.5 Å². The quantitative estimate of drug-likeness (QED) is 0.322. The molecule has 1 aromatic heterocycles. The third kappa shape index (κ3) is 6.22. The lowest BCUT2D eigenvalue weighted by Crippen LogP contribution is -2.47. The van der Waals surface area contributed by atoms with E-state index in [9.17, 15) is 18.0 Å². The van der Waals surface area contributed by atoms with E-state index in [0.29, 0.717) is 44.9 Å². The Hall–Kier alpha value is -2.75. The molecule has 2 fully saturated rings. The minimum atomic E-state index is -4.34. The van der Waals surface area contributed by atoms with Gasteiger partial charge in [0.15, 0.2) is 0 Å². The van der Waals surface area contributed by atoms with Gasteiger partial charge in [0.1, 0.15) is 5.67 Å². The maximum absolute atomic E-state index is 15.5. The molecule has 0 spiro atoms. The summed E-state index contributed by atoms with van der Waals surface area (Å²) >= 11 is 1.58. The molecule has 2 N–H and O–H groups in total. The average molecular weight is 533 g/mol. The molecule has 2 unspecified atom stereocenters. The molecule has 0 bridgehead atoms. The summed E-state index contributed by atoms with van der Waals surface area (Å²) in [6.45, 7) is 2.28. The zero-order valence-corrected chi connectivity index (χ0v) is 20.9. The van der Waals surface area contributed by atoms with Crippen LogP contribution < -0.4 is 5.32 Å². The Bertz CT molecular complexity index is 1230. The zero-order chi connectivity index (χ0) is 26.2. The summed E-state index contributed by atoms with van der Waals surface area (Å²) in [7, 11) is 0. The van der Waals surface area contributed by atoms with Crippen LogP contribution in [-0.4, -0.2) is 47.3 Å². The first-order valence-corrected chi connectivity index (χ1v) is 13.2. The molecule has 5 rings (SSSR count). The Labute approximate surface area is 216 Å². The van der Waals surface area contributed by atoms with Crippen molar-refractivity contribution in [2.75, 3.05) is 19.6 Å². The number of benzene rings is 2. The lowest BCUT2D eigenvalue weighted by atomic mass is 9.93. The van der Waals surface area contributed by atoms with Crippen LogP contribution in [0.3, 0.4) is 0 Å². The van der Waals surface area contributed by atoms with Gasteiger partial charge in [-0.2, -0.15) is 13.2 Å². The number of thiophene rings is 1. The minimum Gasteiger partial charge on any atom is -0.478 e. The fourth-order valence-corrected chi connectivity index (χ4v) is 6.07. The van der Waals surface area contributed by atoms with Crippen LogP contribution in [0, 0.1) is 0 Å². The number of nitrogens with zero attached hydrogens (tertiary/aromatic N) is 1. The van der Waals surface area contributed by atoms with Gasteiger partial charge in [0.2, 0.25) is 0 Å². The van der Waals surface area contributed by atoms with E-state index >= 15 is 4.39 Å². The lowest BCUT2D eigenvalue weighted by molar-refractivity contribution is -0.137. The number of hydrogen-bond donors (Lipinski definition) is 2. The summed E-state index contributed by atoms with van der Waals surface area (Å²) in [5, 5.41) is 12.4. The number of hydrogen-bond acceptors (Lipinski definition) is 4. The molecule has 2 aliphatic rings. The maximum Gasteiger partial charge on any atom is 0.416 e. The molecular weight excluding hydrogens is 504 g/mol. The first kappa shape index (κ1) is 25.9. The van der Waals surface area contributed by atoms with Gasteiger partial charge in [-0.05, 0) is 66.8 Å². The summed E-state index contributed by atoms with van der Waals surface area (Å²) < 4.78 is 53.9. The van der Waals surface area contributed by atoms with Gasteiger partial charge >= 0.3 is 12.1 Å². The van der Waals surface area contributed by atoms with Crippen molar-refractivity contribution in [1.29, 1.82) is 0 Å². The zero-order valence-electron chi connectivity index (χ0n) is 20.1. The minimum absolute atomic E-state index is 0.220. The molecule has 0 radical (unpaired) electrons. The van der Waals surface area contributed by atoms with Gasteiger partial charge in [-0.25, -0.2) is 9.18 Å². The number of nitrogens with one attached hydrogen (secondary N) is 1. The van der Waals surface area contributed by atoms with E-state index in [4.69, 9.17) is 5.11 Å². The number of halogens is 4. The number of carbonyl (C=O) groups is 1. The highest BCUT2D eigenvalue weighted by molar-refractivity contribution is 7.15. The summed E-state index contributed by atoms with van der Waals surface area (Å²) in [6, 6.07) is 16.2. The highest BCUT2D eigenvalue weighted by atomic mass is 32.1. The molecule has 1 aliphatic carbocycles. The fraction of sp³-hybridized carbons (Fsp3) is 0.393. The van der Waals surface area contributed by atoms with E-state index in [0.717, 1.165) is 34.6 Å². The van der Waals surface area contributed by atoms with E-state index in [2.05, 4.69) is 10.2 Å². The van der Waals surface area contributed by atoms with Crippen molar-refractivity contribution in [2.24, 2.45) is 0 Å². The number of piperidine rings is 1. The van der Waals surface area contributed by atoms with Gasteiger partial charge < -0.3 is 10.4 Å². The van der Waals surface area contributed by atoms with Gasteiger partial charge in [0, 0.05) is 47.9 Å². The molecule has 4 nitrogen and oxygen atoms in total. The van der Waals surface area contributed by atoms with E-state index in [-0.39, 0.29) is 11.6 Å². The van der Waals surface area contributed by atoms with E-state index in [1.807, 2.05) is 24.3 Å². The highest BCUT2D eigenvalue weighted by Gasteiger charge is 2.42. The third-order valence-corrected chi connectivity index (χ3v) is 8.59. The van der Waals surface area contributed by atoms with Gasteiger partial charge in [-0.15, -0.1) is 11.3 Å². The number of aromatic carboxylic acids is 1. The van der Waals surface area contributed by atoms with Crippen molar-refractivity contribution in [3.05, 3.63) is 82.2 Å². The second-order valence-corrected chi connectivity index (χ2v) is 11.2. The van der Waals surface area contributed by atoms with Crippen LogP contribution in [0.1, 0.15) is 51.5 Å². The Balaban J connectivity index is 1.08. The maximum atomic E-state index is 15.5. The smallest absolute Gasteiger partial charge is 0.416 e. The molecular formula is C28H28F4N2O2S. The predicted molar refractivity (Wildman–Crippen MR) is 136 cm³/mol. The summed E-state index contributed by atoms with van der Waals surface area (Å²) in [4.78, 5) is 15.3. The number of alkyl halides is 4. The van der Waals surface area contributed by atoms with E-state index in [1.54, 1.807) is 23.5 Å². The molecule has 2 atom stereocenters. The third-order valence-electron chi connectivity index (χ3n) is 7.32. The molecule has 1 saturated heterocycles. The van der Waals surface area contributed by atoms with Gasteiger partial charge in [-0.3, -0.25) is 4.90 Å². The largest absolute Gasteiger partial charge is 0.478 e. The van der Waals surface area contributed by atoms with Crippen molar-refractivity contribution >= 4 is 17.3 Å². The van der Waals surface area contributed by atoms with E-state index < -0.39 is 23.4 Å². The molecule has 37 heavy (non-hydrogen) atoms. The first-order chi connectivity index (χ1) is 17.6. The highest BCUT2D eigenvalue weighted by Crippen LogP contribution is 2.46. The second kappa shape index (κ2) is 10.2. The predicted octanol–water partition coefficient (Wildman–Crippen LogP) is 6.58. The summed E-state index contributed by atoms with van der Waals surface area (Å²) in [5.74, 6) is -0.638. The van der Waals surface area contributed by atoms with Gasteiger partial charge in [0.25, 0.3) is 0 Å². The van der Waals surface area contributed by atoms with Crippen LogP contribution in [0.15, 0.2) is 60.7 Å². The van der Waals surface area contributed by atoms with E-state index in [1.165, 1.54) is 17.0 Å². The fourth-order valence-electron chi connectivity index (χ4n) is 4.88. The van der Waals surface area contributed by atoms with Crippen LogP contribution in [0.5, 0.6) is 0 Å². The average Bonchev–Trinajstić information content (AvgIpc) is 3.49. The Morgan fingerprint density at radius 2 is 1.70 bits per heavy atom. The standard InChI is InChI=1S/C28H28F4N2O2S/c29-27(11-13-34(14-12-27)16-18-1-3-20(4-2-18)26(35)36)17-33-23-15-22(23)25-10-9-24(37-25)19-5-7-21(8-6-19)28(30,31)32/h1-10,22-23,33H,11-17H2,(H,35,36). The monoisotopic (exact) mass is 532 g/mol. The topological polar surface area (TPSA) is 52.6 Å². The molecule has 9 heteroatoms. The molecule has 1 saturated carbocycles. The van der Waals surface area contributed by atoms with Crippen LogP contribution in [0.4, 0.5) is 17.6 Å². The van der Waals surface area contributed by atoms with Crippen LogP contribution >= 0.6 is 11.3 Å². The van der Waals surface area contributed by atoms with Crippen LogP contribution in [0.25, 0.3) is 10.4 Å². The van der Waals surface area contributed by atoms with Crippen LogP contribution in [0.2, 0.25) is 0 Å². The molecule has 1 aliphatic heterocycles. The Morgan fingerprint density at radius 1 is 1.03 bits per heavy atom. The van der Waals surface area contributed by atoms with Crippen molar-refractivity contribution in [3.63, 3.8) is 0 Å². The molecule has 196 valence electrons. The van der Waals surface area contributed by atoms with Crippen LogP contribution in [-0.2, 0) is 12.7 Å². The normalized spacial score (nSPS) is 21.6. The molecule has 2 heterocycles. The molecule has 0 amide bonds. The Morgan fingerprint density at radius 3 is 2.32 bits per heavy atom. The number of carboxylic acids is 1. The van der Waals surface area contributed by atoms with Crippen molar-refractivity contribution in [1.82, 2.24) is 10.2 Å². The SMILES string of the molecule is O=C(O)c1ccc(CN2CCC(F)(CNC3CC3c3ccc(-c4ccc(C(F)(F)F)cc4)s3)CC2)cc1. The second-order valence-electron chi connectivity index (χ2n) is 10.0. The number of likely N-dealkylation sites (tertiary alicyclic amines) is 1. The Kier molecular flexibility index (Phi) is 7.13. The summed E-state index contributed by atoms with van der Waals surface area (Å²) in [5.41, 5.74) is 0.133. The number of rotatable bonds is 8. The number of carboxylic acid groups (broad SMARTS) is 1. The van der Waals surface area contributed by atoms with Crippen molar-refractivity contribution in [2.45, 2.75) is 49.6 Å². The molecule has 2 aromatic carbocycles. The summed E-state index contributed by atoms with van der Waals surface area (Å²) in [6.07, 6.45) is -2.52. The lowest BCUT2D eigenvalue weighted by Gasteiger charge is -2.36. The van der Waals surface area contributed by atoms with Gasteiger partial charge in [-0.1, -0.05) is 24.3 Å². The van der Waals surface area contributed by atoms with Gasteiger partial charge in [0.05, 0.1) is 11.1 Å². The van der Waals surface area contributed by atoms with Crippen molar-refractivity contribution in [3.8, 4) is 10.4 Å².